The first kappa shape index (κ1) is 14.0. The smallest absolute Gasteiger partial charge is 0.115 e. The maximum atomic E-state index is 8.76. The molecule has 0 radical (unpaired) electrons. The van der Waals surface area contributed by atoms with Crippen molar-refractivity contribution in [3.8, 4) is 5.75 Å². The van der Waals surface area contributed by atoms with Gasteiger partial charge in [0.2, 0.25) is 0 Å². The molecule has 1 aromatic rings. The van der Waals surface area contributed by atoms with E-state index in [-0.39, 0.29) is 0 Å². The van der Waals surface area contributed by atoms with E-state index in [1.54, 1.807) is 12.1 Å². The van der Waals surface area contributed by atoms with E-state index in [0.29, 0.717) is 5.75 Å². The van der Waals surface area contributed by atoms with Gasteiger partial charge in [-0.1, -0.05) is 57.7 Å². The molecule has 0 unspecified atom stereocenters. The molecule has 1 aromatic carbocycles. The second-order valence-corrected chi connectivity index (χ2v) is 3.93. The van der Waals surface area contributed by atoms with E-state index in [1.807, 2.05) is 19.1 Å². The molecule has 0 atom stereocenters. The Morgan fingerprint density at radius 3 is 1.53 bits per heavy atom. The fourth-order valence-electron chi connectivity index (χ4n) is 1.41. The number of hydrogen-bond donors (Lipinski definition) is 1. The van der Waals surface area contributed by atoms with Crippen molar-refractivity contribution in [2.45, 2.75) is 47.0 Å². The molecule has 1 rings (SSSR count). The summed E-state index contributed by atoms with van der Waals surface area (Å²) in [5.41, 5.74) is 1.17. The number of aryl methyl sites for hydroxylation is 1. The van der Waals surface area contributed by atoms with Crippen LogP contribution in [0.4, 0.5) is 0 Å². The Balaban J connectivity index is 0.000000265. The van der Waals surface area contributed by atoms with Gasteiger partial charge >= 0.3 is 0 Å². The lowest BCUT2D eigenvalue weighted by atomic mass is 10.0. The summed E-state index contributed by atoms with van der Waals surface area (Å²) in [5.74, 6) is 1.32. The fourth-order valence-corrected chi connectivity index (χ4v) is 1.41. The summed E-state index contributed by atoms with van der Waals surface area (Å²) in [4.78, 5) is 0. The zero-order valence-electron chi connectivity index (χ0n) is 10.5. The first-order valence-corrected chi connectivity index (χ1v) is 5.89. The number of aromatic hydroxyl groups is 1. The Labute approximate surface area is 94.2 Å². The van der Waals surface area contributed by atoms with Crippen molar-refractivity contribution >= 4 is 0 Å². The molecular weight excluding hydrogens is 184 g/mol. The number of rotatable bonds is 3. The first-order chi connectivity index (χ1) is 7.13. The molecule has 0 aliphatic heterocycles. The van der Waals surface area contributed by atoms with Crippen LogP contribution in [0.1, 0.15) is 45.6 Å². The van der Waals surface area contributed by atoms with Crippen molar-refractivity contribution in [1.29, 1.82) is 0 Å². The van der Waals surface area contributed by atoms with Crippen molar-refractivity contribution in [3.05, 3.63) is 29.8 Å². The number of phenols is 1. The molecule has 0 aliphatic carbocycles. The average Bonchev–Trinajstić information content (AvgIpc) is 2.26. The van der Waals surface area contributed by atoms with Gasteiger partial charge in [0.25, 0.3) is 0 Å². The highest BCUT2D eigenvalue weighted by atomic mass is 16.3. The minimum absolute atomic E-state index is 0.329. The minimum atomic E-state index is 0.329. The van der Waals surface area contributed by atoms with E-state index in [2.05, 4.69) is 20.8 Å². The van der Waals surface area contributed by atoms with Crippen LogP contribution in [-0.4, -0.2) is 5.11 Å². The van der Waals surface area contributed by atoms with Crippen LogP contribution in [0.25, 0.3) is 0 Å². The number of benzene rings is 1. The second-order valence-electron chi connectivity index (χ2n) is 3.93. The summed E-state index contributed by atoms with van der Waals surface area (Å²) in [7, 11) is 0. The summed E-state index contributed by atoms with van der Waals surface area (Å²) in [6, 6.07) is 7.09. The van der Waals surface area contributed by atoms with Crippen molar-refractivity contribution in [1.82, 2.24) is 0 Å². The van der Waals surface area contributed by atoms with Crippen LogP contribution in [0.5, 0.6) is 5.75 Å². The Morgan fingerprint density at radius 2 is 1.33 bits per heavy atom. The highest BCUT2D eigenvalue weighted by Gasteiger charge is 1.95. The monoisotopic (exact) mass is 208 g/mol. The predicted octanol–water partition coefficient (Wildman–Crippen LogP) is 4.53. The van der Waals surface area contributed by atoms with Gasteiger partial charge in [-0.3, -0.25) is 0 Å². The zero-order chi connectivity index (χ0) is 11.7. The van der Waals surface area contributed by atoms with Crippen LogP contribution in [0.3, 0.4) is 0 Å². The van der Waals surface area contributed by atoms with E-state index in [4.69, 9.17) is 5.11 Å². The Bertz CT molecular complexity index is 208. The Kier molecular flexibility index (Phi) is 7.79. The summed E-state index contributed by atoms with van der Waals surface area (Å²) in [6.45, 7) is 8.77. The molecule has 0 aliphatic rings. The van der Waals surface area contributed by atoms with Gasteiger partial charge in [0.05, 0.1) is 0 Å². The molecule has 0 spiro atoms. The van der Waals surface area contributed by atoms with E-state index < -0.39 is 0 Å². The molecular formula is C14H24O. The third kappa shape index (κ3) is 7.01. The summed E-state index contributed by atoms with van der Waals surface area (Å²) in [5, 5.41) is 8.76. The molecule has 1 nitrogen and oxygen atoms in total. The highest BCUT2D eigenvalue weighted by Crippen LogP contribution is 2.10. The normalized spacial score (nSPS) is 9.67. The lowest BCUT2D eigenvalue weighted by Crippen LogP contribution is -1.91. The van der Waals surface area contributed by atoms with E-state index in [9.17, 15) is 0 Å². The Morgan fingerprint density at radius 1 is 0.933 bits per heavy atom. The molecule has 1 N–H and O–H groups in total. The molecule has 15 heavy (non-hydrogen) atoms. The van der Waals surface area contributed by atoms with Crippen LogP contribution in [0.2, 0.25) is 0 Å². The van der Waals surface area contributed by atoms with Crippen molar-refractivity contribution in [3.63, 3.8) is 0 Å². The summed E-state index contributed by atoms with van der Waals surface area (Å²) >= 11 is 0. The molecule has 0 saturated carbocycles. The third-order valence-electron chi connectivity index (χ3n) is 2.77. The van der Waals surface area contributed by atoms with Gasteiger partial charge in [0.1, 0.15) is 5.75 Å². The lowest BCUT2D eigenvalue weighted by molar-refractivity contribution is 0.475. The van der Waals surface area contributed by atoms with E-state index in [0.717, 1.165) is 5.92 Å². The van der Waals surface area contributed by atoms with Crippen LogP contribution >= 0.6 is 0 Å². The first-order valence-electron chi connectivity index (χ1n) is 5.89. The molecule has 0 aromatic heterocycles. The molecule has 0 amide bonds. The van der Waals surface area contributed by atoms with Gasteiger partial charge in [-0.2, -0.15) is 0 Å². The topological polar surface area (TPSA) is 20.2 Å². The van der Waals surface area contributed by atoms with E-state index in [1.165, 1.54) is 24.8 Å². The van der Waals surface area contributed by atoms with Gasteiger partial charge in [0.15, 0.2) is 0 Å². The lowest BCUT2D eigenvalue weighted by Gasteiger charge is -2.05. The maximum Gasteiger partial charge on any atom is 0.115 e. The van der Waals surface area contributed by atoms with E-state index >= 15 is 0 Å². The van der Waals surface area contributed by atoms with Crippen LogP contribution < -0.4 is 0 Å². The molecule has 0 fully saturated rings. The molecule has 86 valence electrons. The molecule has 0 saturated heterocycles. The largest absolute Gasteiger partial charge is 0.508 e. The second kappa shape index (κ2) is 8.34. The van der Waals surface area contributed by atoms with Crippen LogP contribution in [0, 0.1) is 12.8 Å². The number of hydrogen-bond acceptors (Lipinski definition) is 1. The third-order valence-corrected chi connectivity index (χ3v) is 2.77. The van der Waals surface area contributed by atoms with Gasteiger partial charge in [-0.05, 0) is 25.0 Å². The Hall–Kier alpha value is -0.980. The standard InChI is InChI=1S/C7H8O.C7H16/c1-6-2-4-7(8)5-3-6;1-4-7(5-2)6-3/h2-5,8H,1H3;7H,4-6H2,1-3H3. The quantitative estimate of drug-likeness (QED) is 0.773. The molecule has 0 heterocycles. The number of phenolic OH excluding ortho intramolecular Hbond substituents is 1. The maximum absolute atomic E-state index is 8.76. The predicted molar refractivity (Wildman–Crippen MR) is 67.2 cm³/mol. The van der Waals surface area contributed by atoms with Gasteiger partial charge in [-0.25, -0.2) is 0 Å². The minimum Gasteiger partial charge on any atom is -0.508 e. The summed E-state index contributed by atoms with van der Waals surface area (Å²) < 4.78 is 0. The summed E-state index contributed by atoms with van der Waals surface area (Å²) in [6.07, 6.45) is 4.06. The van der Waals surface area contributed by atoms with Crippen LogP contribution in [0.15, 0.2) is 24.3 Å². The molecule has 0 bridgehead atoms. The van der Waals surface area contributed by atoms with Crippen molar-refractivity contribution in [2.75, 3.05) is 0 Å². The zero-order valence-corrected chi connectivity index (χ0v) is 10.5. The average molecular weight is 208 g/mol. The highest BCUT2D eigenvalue weighted by molar-refractivity contribution is 5.24. The van der Waals surface area contributed by atoms with Crippen molar-refractivity contribution in [2.24, 2.45) is 5.92 Å². The van der Waals surface area contributed by atoms with Crippen molar-refractivity contribution < 1.29 is 5.11 Å². The van der Waals surface area contributed by atoms with Gasteiger partial charge in [-0.15, -0.1) is 0 Å². The van der Waals surface area contributed by atoms with Crippen LogP contribution in [-0.2, 0) is 0 Å². The van der Waals surface area contributed by atoms with Gasteiger partial charge in [0, 0.05) is 0 Å². The SMILES string of the molecule is CCC(CC)CC.Cc1ccc(O)cc1. The van der Waals surface area contributed by atoms with Gasteiger partial charge < -0.3 is 5.11 Å². The molecule has 1 heteroatoms. The fraction of sp³-hybridized carbons (Fsp3) is 0.571.